The first-order valence-corrected chi connectivity index (χ1v) is 5.74. The van der Waals surface area contributed by atoms with E-state index in [1.807, 2.05) is 0 Å². The number of carbonyl (C=O) groups excluding carboxylic acids is 1. The third-order valence-electron chi connectivity index (χ3n) is 2.59. The molecule has 2 heterocycles. The van der Waals surface area contributed by atoms with Crippen LogP contribution in [0.2, 0.25) is 0 Å². The van der Waals surface area contributed by atoms with Gasteiger partial charge in [-0.1, -0.05) is 6.04 Å². The van der Waals surface area contributed by atoms with E-state index in [1.54, 1.807) is 5.32 Å². The van der Waals surface area contributed by atoms with Crippen LogP contribution in [0.15, 0.2) is 24.3 Å². The Bertz CT molecular complexity index is 1280. The number of ether oxygens (including phenoxy) is 1. The topological polar surface area (TPSA) is 57.4 Å². The second kappa shape index (κ2) is 5.77. The number of nitrogens with zero attached hydrogens (tertiary/aromatic N) is 1. The van der Waals surface area contributed by atoms with Gasteiger partial charge in [-0.2, -0.15) is 0 Å². The maximum atomic E-state index is 11.7. The first-order chi connectivity index (χ1) is 16.8. The summed E-state index contributed by atoms with van der Waals surface area (Å²) in [5.41, 5.74) is -2.05. The van der Waals surface area contributed by atoms with E-state index >= 15 is 0 Å². The highest BCUT2D eigenvalue weighted by Crippen LogP contribution is 2.21. The molecule has 1 saturated heterocycles. The molecule has 1 amide bonds. The third kappa shape index (κ3) is 3.19. The van der Waals surface area contributed by atoms with Gasteiger partial charge in [0.2, 0.25) is 0 Å². The van der Waals surface area contributed by atoms with Crippen molar-refractivity contribution in [3.05, 3.63) is 35.4 Å². The smallest absolute Gasteiger partial charge is 0.407 e. The van der Waals surface area contributed by atoms with Gasteiger partial charge in [0.25, 0.3) is 0 Å². The number of hydrogen-bond donors (Lipinski definition) is 2. The lowest BCUT2D eigenvalue weighted by Gasteiger charge is -2.09. The first kappa shape index (κ1) is 4.26. The Hall–Kier alpha value is -2.01. The summed E-state index contributed by atoms with van der Waals surface area (Å²) in [7, 11) is 0. The Labute approximate surface area is 148 Å². The fraction of sp³-hybridized carbons (Fsp3) is 0.438. The first-order valence-electron chi connectivity index (χ1n) is 14.2. The van der Waals surface area contributed by atoms with Gasteiger partial charge in [-0.3, -0.25) is 0 Å². The van der Waals surface area contributed by atoms with Crippen molar-refractivity contribution in [3.8, 4) is 0 Å². The summed E-state index contributed by atoms with van der Waals surface area (Å²) < 4.78 is 140. The van der Waals surface area contributed by atoms with Crippen molar-refractivity contribution < 1.29 is 32.8 Å². The largest absolute Gasteiger partial charge is 0.447 e. The van der Waals surface area contributed by atoms with E-state index in [-0.39, 0.29) is 4.90 Å². The predicted molar refractivity (Wildman–Crippen MR) is 82.5 cm³/mol. The van der Waals surface area contributed by atoms with Crippen molar-refractivity contribution in [2.24, 2.45) is 0 Å². The molecule has 0 aliphatic carbocycles. The second-order valence-electron chi connectivity index (χ2n) is 4.02. The number of nitrogens with one attached hydrogen (secondary N) is 2. The molecule has 3 rings (SSSR count). The Morgan fingerprint density at radius 2 is 2.57 bits per heavy atom. The summed E-state index contributed by atoms with van der Waals surface area (Å²) in [6, 6.07) is -6.12. The number of alkyl carbamates (subject to hydrolysis) is 1. The normalized spacial score (nSPS) is 38.5. The van der Waals surface area contributed by atoms with Crippen LogP contribution in [0.4, 0.5) is 4.79 Å². The highest BCUT2D eigenvalue weighted by atomic mass is 16.6. The lowest BCUT2D eigenvalue weighted by atomic mass is 10.0. The molecule has 1 atom stereocenters. The number of likely N-dealkylation sites (N-methyl/N-ethyl adjacent to an activating group) is 1. The van der Waals surface area contributed by atoms with Gasteiger partial charge in [0.05, 0.1) is 15.6 Å². The molecule has 5 heteroatoms. The zero-order valence-electron chi connectivity index (χ0n) is 27.5. The van der Waals surface area contributed by atoms with Crippen molar-refractivity contribution in [2.45, 2.75) is 18.8 Å². The Morgan fingerprint density at radius 3 is 3.33 bits per heavy atom. The fourth-order valence-electron chi connectivity index (χ4n) is 1.71. The molecule has 0 spiro atoms. The van der Waals surface area contributed by atoms with Crippen LogP contribution in [-0.4, -0.2) is 49.0 Å². The number of rotatable bonds is 5. The summed E-state index contributed by atoms with van der Waals surface area (Å²) in [6.07, 6.45) is -6.77. The molecular weight excluding hydrogens is 266 g/mol. The lowest BCUT2D eigenvalue weighted by molar-refractivity contribution is 0.177. The van der Waals surface area contributed by atoms with Gasteiger partial charge in [-0.25, -0.2) is 4.79 Å². The molecule has 1 aromatic heterocycles. The van der Waals surface area contributed by atoms with Gasteiger partial charge < -0.3 is 19.9 Å². The number of cyclic esters (lactones) is 1. The zero-order valence-corrected chi connectivity index (χ0v) is 10.5. The van der Waals surface area contributed by atoms with E-state index in [4.69, 9.17) is 23.3 Å². The molecule has 0 unspecified atom stereocenters. The maximum Gasteiger partial charge on any atom is 0.407 e. The number of benzene rings is 1. The summed E-state index contributed by atoms with van der Waals surface area (Å²) in [6.45, 7) is -13.5. The number of aryl methyl sites for hydroxylation is 1. The Morgan fingerprint density at radius 1 is 1.67 bits per heavy atom. The Kier molecular flexibility index (Phi) is 1.17. The summed E-state index contributed by atoms with van der Waals surface area (Å²) in [5.74, 6) is 0. The van der Waals surface area contributed by atoms with Crippen LogP contribution in [-0.2, 0) is 17.5 Å². The summed E-state index contributed by atoms with van der Waals surface area (Å²) >= 11 is 0. The average molecular weight is 304 g/mol. The fourth-order valence-corrected chi connectivity index (χ4v) is 1.71. The molecule has 0 bridgehead atoms. The van der Waals surface area contributed by atoms with Crippen LogP contribution < -0.4 is 5.32 Å². The van der Waals surface area contributed by atoms with Crippen LogP contribution in [0.1, 0.15) is 34.4 Å². The molecule has 21 heavy (non-hydrogen) atoms. The third-order valence-corrected chi connectivity index (χ3v) is 2.59. The number of carbonyl (C=O) groups is 1. The molecule has 5 nitrogen and oxygen atoms in total. The highest BCUT2D eigenvalue weighted by molar-refractivity contribution is 5.84. The molecular formula is C16H21N3O2. The second-order valence-corrected chi connectivity index (χ2v) is 4.02. The van der Waals surface area contributed by atoms with Crippen molar-refractivity contribution >= 4 is 17.0 Å². The van der Waals surface area contributed by atoms with Crippen LogP contribution in [0.25, 0.3) is 10.9 Å². The van der Waals surface area contributed by atoms with Crippen molar-refractivity contribution in [1.29, 1.82) is 0 Å². The molecule has 1 aliphatic heterocycles. The maximum absolute atomic E-state index is 11.7. The average Bonchev–Trinajstić information content (AvgIpc) is 3.09. The van der Waals surface area contributed by atoms with Crippen LogP contribution >= 0.6 is 0 Å². The number of H-pyrrole nitrogens is 1. The molecule has 0 radical (unpaired) electrons. The zero-order chi connectivity index (χ0) is 29.6. The minimum atomic E-state index is -3.48. The van der Waals surface area contributed by atoms with E-state index in [2.05, 4.69) is 9.72 Å². The Balaban J connectivity index is 2.32. The van der Waals surface area contributed by atoms with E-state index in [9.17, 15) is 4.79 Å². The standard InChI is InChI=1S/C16H21N3O2/c1-19(2)6-5-12-9-17-15-4-3-11(8-14(12)15)7-13-10-21-16(20)18-13/h3-4,8-9,13,17H,5-7,10H2,1-2H3,(H,18,20)/t13-/m0/s1/i1D3,2D3,3D,4D,6D2,7D2,8D,9D,10D2,13D. The summed E-state index contributed by atoms with van der Waals surface area (Å²) in [5, 5.41) is 1.13. The number of fused-ring (bicyclic) bond motifs is 1. The lowest BCUT2D eigenvalue weighted by Crippen LogP contribution is -2.28. The number of hydrogen-bond acceptors (Lipinski definition) is 3. The predicted octanol–water partition coefficient (Wildman–Crippen LogP) is 1.92. The number of aromatic nitrogens is 1. The quantitative estimate of drug-likeness (QED) is 0.887. The van der Waals surface area contributed by atoms with Crippen LogP contribution in [0.3, 0.4) is 0 Å². The van der Waals surface area contributed by atoms with Gasteiger partial charge in [-0.05, 0) is 50.0 Å². The molecule has 1 aliphatic rings. The molecule has 112 valence electrons. The minimum absolute atomic E-state index is 0.381. The molecule has 2 N–H and O–H groups in total. The molecule has 2 aromatic rings. The van der Waals surface area contributed by atoms with Gasteiger partial charge in [0.1, 0.15) is 6.56 Å². The van der Waals surface area contributed by atoms with E-state index in [0.29, 0.717) is 0 Å². The van der Waals surface area contributed by atoms with Crippen molar-refractivity contribution in [2.75, 3.05) is 27.0 Å². The monoisotopic (exact) mass is 304 g/mol. The van der Waals surface area contributed by atoms with Gasteiger partial charge in [-0.15, -0.1) is 0 Å². The molecule has 1 aromatic carbocycles. The van der Waals surface area contributed by atoms with Gasteiger partial charge in [0, 0.05) is 37.3 Å². The minimum Gasteiger partial charge on any atom is -0.447 e. The molecule has 0 saturated carbocycles. The SMILES string of the molecule is [2H]c1[nH]c2c([2H])c([2H])c(C([2H])([2H])[C@]3([2H])NC(=O)OC3([2H])[2H])c([2H])c2c1CC([2H])([2H])N(C([2H])([2H])[2H])C([2H])([2H])[2H]. The van der Waals surface area contributed by atoms with Crippen molar-refractivity contribution in [3.63, 3.8) is 0 Å². The van der Waals surface area contributed by atoms with Gasteiger partial charge in [0.15, 0.2) is 0 Å². The number of amides is 1. The van der Waals surface area contributed by atoms with E-state index in [0.717, 1.165) is 0 Å². The van der Waals surface area contributed by atoms with E-state index in [1.165, 1.54) is 0 Å². The van der Waals surface area contributed by atoms with Gasteiger partial charge >= 0.3 is 6.09 Å². The van der Waals surface area contributed by atoms with Crippen LogP contribution in [0.5, 0.6) is 0 Å². The van der Waals surface area contributed by atoms with E-state index < -0.39 is 98.2 Å². The summed E-state index contributed by atoms with van der Waals surface area (Å²) in [4.78, 5) is 13.6. The number of aromatic amines is 1. The highest BCUT2D eigenvalue weighted by Gasteiger charge is 2.22. The van der Waals surface area contributed by atoms with Crippen LogP contribution in [0, 0.1) is 0 Å². The molecule has 1 fully saturated rings. The van der Waals surface area contributed by atoms with Crippen molar-refractivity contribution in [1.82, 2.24) is 15.2 Å².